The topological polar surface area (TPSA) is 80.7 Å². The molecule has 2 aromatic heterocycles. The lowest BCUT2D eigenvalue weighted by atomic mass is 10.1. The monoisotopic (exact) mass is 364 g/mol. The van der Waals surface area contributed by atoms with E-state index in [1.165, 1.54) is 22.7 Å². The highest BCUT2D eigenvalue weighted by Gasteiger charge is 2.17. The molecule has 0 aliphatic rings. The van der Waals surface area contributed by atoms with Crippen LogP contribution in [0.2, 0.25) is 0 Å². The number of hydrogen-bond donors (Lipinski definition) is 2. The summed E-state index contributed by atoms with van der Waals surface area (Å²) in [5.41, 5.74) is 9.77. The summed E-state index contributed by atoms with van der Waals surface area (Å²) in [6, 6.07) is 7.86. The number of aromatic amines is 1. The van der Waals surface area contributed by atoms with Crippen molar-refractivity contribution in [1.82, 2.24) is 15.2 Å². The Hall–Kier alpha value is -1.76. The molecule has 3 N–H and O–H groups in total. The number of rotatable bonds is 6. The van der Waals surface area contributed by atoms with Crippen molar-refractivity contribution in [3.63, 3.8) is 0 Å². The van der Waals surface area contributed by atoms with E-state index in [-0.39, 0.29) is 19.9 Å². The highest BCUT2D eigenvalue weighted by molar-refractivity contribution is 7.99. The Labute approximate surface area is 153 Å². The van der Waals surface area contributed by atoms with Crippen molar-refractivity contribution in [3.8, 4) is 0 Å². The highest BCUT2D eigenvalue weighted by Crippen LogP contribution is 2.24. The molecule has 0 spiro atoms. The van der Waals surface area contributed by atoms with Gasteiger partial charge < -0.3 is 27.5 Å². The minimum Gasteiger partial charge on any atom is -1.00 e. The Morgan fingerprint density at radius 1 is 1.38 bits per heavy atom. The van der Waals surface area contributed by atoms with Crippen LogP contribution >= 0.6 is 11.8 Å². The molecule has 3 rings (SSSR count). The maximum absolute atomic E-state index is 6.24. The fourth-order valence-corrected chi connectivity index (χ4v) is 3.14. The molecule has 0 aliphatic heterocycles. The van der Waals surface area contributed by atoms with Crippen molar-refractivity contribution in [1.29, 1.82) is 0 Å². The molecule has 0 aliphatic carbocycles. The maximum Gasteiger partial charge on any atom is 1.00 e. The van der Waals surface area contributed by atoms with Gasteiger partial charge in [0.1, 0.15) is 0 Å². The Morgan fingerprint density at radius 3 is 2.96 bits per heavy atom. The minimum absolute atomic E-state index is 0. The molecule has 0 unspecified atom stereocenters. The first-order chi connectivity index (χ1) is 11.1. The summed E-state index contributed by atoms with van der Waals surface area (Å²) in [7, 11) is 0. The number of halogens is 1. The lowest BCUT2D eigenvalue weighted by molar-refractivity contribution is -0.00000550. The first kappa shape index (κ1) is 18.6. The van der Waals surface area contributed by atoms with E-state index in [1.807, 2.05) is 18.3 Å². The van der Waals surface area contributed by atoms with Gasteiger partial charge in [-0.1, -0.05) is 41.6 Å². The molecular weight excluding hydrogens is 344 g/mol. The first-order valence-electron chi connectivity index (χ1n) is 7.53. The Morgan fingerprint density at radius 2 is 2.17 bits per heavy atom. The maximum atomic E-state index is 6.24. The lowest BCUT2D eigenvalue weighted by Crippen LogP contribution is -3.00. The van der Waals surface area contributed by atoms with Gasteiger partial charge in [-0.3, -0.25) is 0 Å². The molecular formula is C17H21ClN4OS. The zero-order valence-corrected chi connectivity index (χ0v) is 15.2. The third-order valence-electron chi connectivity index (χ3n) is 3.55. The lowest BCUT2D eigenvalue weighted by Gasteiger charge is -2.05. The quantitative estimate of drug-likeness (QED) is 0.503. The van der Waals surface area contributed by atoms with Crippen molar-refractivity contribution < 1.29 is 18.3 Å². The standard InChI is InChI=1S/C17H20N4OS.ClH/c1-11(2)7-8-23-17-21-20-16(22-17)14(18)9-12-10-19-15-6-4-3-5-13(12)15;/h3-7,10,14,19H,8-9,18H2,1-2H3;1H/t14-;/m0./s1. The van der Waals surface area contributed by atoms with E-state index in [9.17, 15) is 0 Å². The number of fused-ring (bicyclic) bond motifs is 1. The smallest absolute Gasteiger partial charge is 1.00 e. The molecule has 7 heteroatoms. The molecule has 0 saturated carbocycles. The Balaban J connectivity index is 0.00000156. The molecule has 0 saturated heterocycles. The van der Waals surface area contributed by atoms with Crippen LogP contribution in [0, 0.1) is 0 Å². The van der Waals surface area contributed by atoms with E-state index in [4.69, 9.17) is 10.2 Å². The van der Waals surface area contributed by atoms with Gasteiger partial charge in [0.15, 0.2) is 0 Å². The van der Waals surface area contributed by atoms with Crippen molar-refractivity contribution >= 4 is 22.7 Å². The largest absolute Gasteiger partial charge is 1.00 e. The zero-order valence-electron chi connectivity index (χ0n) is 14.6. The van der Waals surface area contributed by atoms with Gasteiger partial charge in [-0.15, -0.1) is 10.2 Å². The third-order valence-corrected chi connectivity index (χ3v) is 4.30. The molecule has 128 valence electrons. The van der Waals surface area contributed by atoms with Crippen LogP contribution in [0.1, 0.15) is 32.8 Å². The molecule has 1 atom stereocenters. The average Bonchev–Trinajstić information content (AvgIpc) is 3.15. The van der Waals surface area contributed by atoms with E-state index in [1.54, 1.807) is 0 Å². The highest BCUT2D eigenvalue weighted by atomic mass is 35.5. The zero-order chi connectivity index (χ0) is 16.2. The molecule has 3 aromatic rings. The summed E-state index contributed by atoms with van der Waals surface area (Å²) in [6.45, 7) is 4.13. The molecule has 24 heavy (non-hydrogen) atoms. The molecule has 0 radical (unpaired) electrons. The molecule has 0 fully saturated rings. The summed E-state index contributed by atoms with van der Waals surface area (Å²) in [4.78, 5) is 3.26. The molecule has 5 nitrogen and oxygen atoms in total. The summed E-state index contributed by atoms with van der Waals surface area (Å²) in [5.74, 6) is 1.30. The van der Waals surface area contributed by atoms with Crippen LogP contribution in [0.15, 0.2) is 51.8 Å². The van der Waals surface area contributed by atoms with Crippen LogP contribution in [-0.2, 0) is 6.42 Å². The van der Waals surface area contributed by atoms with Gasteiger partial charge in [-0.25, -0.2) is 0 Å². The van der Waals surface area contributed by atoms with Crippen LogP contribution < -0.4 is 18.1 Å². The van der Waals surface area contributed by atoms with Crippen LogP contribution in [-0.4, -0.2) is 20.9 Å². The number of nitrogens with zero attached hydrogens (tertiary/aromatic N) is 2. The second-order valence-electron chi connectivity index (χ2n) is 5.67. The van der Waals surface area contributed by atoms with E-state index in [0.717, 1.165) is 16.8 Å². The number of hydrogen-bond acceptors (Lipinski definition) is 5. The van der Waals surface area contributed by atoms with E-state index in [0.29, 0.717) is 17.5 Å². The van der Waals surface area contributed by atoms with E-state index < -0.39 is 0 Å². The van der Waals surface area contributed by atoms with Crippen LogP contribution in [0.3, 0.4) is 0 Å². The minimum atomic E-state index is -0.306. The fraction of sp³-hybridized carbons (Fsp3) is 0.294. The van der Waals surface area contributed by atoms with Crippen LogP contribution in [0.4, 0.5) is 0 Å². The van der Waals surface area contributed by atoms with E-state index in [2.05, 4.69) is 47.2 Å². The second-order valence-corrected chi connectivity index (χ2v) is 6.64. The SMILES string of the molecule is CC(C)=CCSc1nnc([C@@H](N)Cc2c[nH]c3ccccc23)o1.[Cl-].[H+]. The second kappa shape index (κ2) is 8.37. The summed E-state index contributed by atoms with van der Waals surface area (Å²) in [6.07, 6.45) is 4.77. The summed E-state index contributed by atoms with van der Waals surface area (Å²) in [5, 5.41) is 9.88. The number of thioether (sulfide) groups is 1. The van der Waals surface area contributed by atoms with Gasteiger partial charge in [0, 0.05) is 22.9 Å². The average molecular weight is 365 g/mol. The van der Waals surface area contributed by atoms with Gasteiger partial charge in [-0.2, -0.15) is 0 Å². The summed E-state index contributed by atoms with van der Waals surface area (Å²) >= 11 is 1.52. The Bertz CT molecular complexity index is 829. The van der Waals surface area contributed by atoms with Gasteiger partial charge in [0.05, 0.1) is 6.04 Å². The van der Waals surface area contributed by atoms with Crippen molar-refractivity contribution in [2.75, 3.05) is 5.75 Å². The number of allylic oxidation sites excluding steroid dienone is 1. The first-order valence-corrected chi connectivity index (χ1v) is 8.52. The predicted octanol–water partition coefficient (Wildman–Crippen LogP) is 0.968. The number of para-hydroxylation sites is 1. The van der Waals surface area contributed by atoms with Gasteiger partial charge in [-0.05, 0) is 31.9 Å². The fourth-order valence-electron chi connectivity index (χ4n) is 2.33. The molecule has 0 amide bonds. The number of nitrogens with one attached hydrogen (secondary N) is 1. The third kappa shape index (κ3) is 4.41. The summed E-state index contributed by atoms with van der Waals surface area (Å²) < 4.78 is 5.66. The van der Waals surface area contributed by atoms with Crippen molar-refractivity contribution in [2.24, 2.45) is 5.73 Å². The predicted molar refractivity (Wildman–Crippen MR) is 94.5 cm³/mol. The van der Waals surface area contributed by atoms with Gasteiger partial charge >= 0.3 is 1.43 Å². The number of H-pyrrole nitrogens is 1. The number of aromatic nitrogens is 3. The van der Waals surface area contributed by atoms with Gasteiger partial charge in [0.25, 0.3) is 5.22 Å². The van der Waals surface area contributed by atoms with Crippen molar-refractivity contribution in [3.05, 3.63) is 53.6 Å². The van der Waals surface area contributed by atoms with Crippen molar-refractivity contribution in [2.45, 2.75) is 31.5 Å². The number of benzene rings is 1. The van der Waals surface area contributed by atoms with E-state index >= 15 is 0 Å². The van der Waals surface area contributed by atoms with Crippen LogP contribution in [0.5, 0.6) is 0 Å². The Kier molecular flexibility index (Phi) is 6.48. The molecule has 0 bridgehead atoms. The normalized spacial score (nSPS) is 12.0. The van der Waals surface area contributed by atoms with Crippen LogP contribution in [0.25, 0.3) is 10.9 Å². The molecule has 1 aromatic carbocycles. The number of nitrogens with two attached hydrogens (primary N) is 1. The van der Waals surface area contributed by atoms with Gasteiger partial charge in [0.2, 0.25) is 5.89 Å². The molecule has 2 heterocycles.